The molecule has 0 saturated carbocycles. The van der Waals surface area contributed by atoms with E-state index in [1.807, 2.05) is 19.2 Å². The maximum Gasteiger partial charge on any atom is 0.334 e. The number of nitrogens with zero attached hydrogens (tertiary/aromatic N) is 2. The molecular weight excluding hydrogens is 502 g/mol. The van der Waals surface area contributed by atoms with Crippen LogP contribution in [0.4, 0.5) is 0 Å². The molecule has 39 heavy (non-hydrogen) atoms. The minimum absolute atomic E-state index is 0. The Morgan fingerprint density at radius 3 is 2.95 bits per heavy atom. The van der Waals surface area contributed by atoms with Crippen molar-refractivity contribution in [1.29, 1.82) is 0 Å². The number of amides is 1. The number of esters is 1. The molecule has 1 aromatic heterocycles. The number of imidazole rings is 1. The number of likely N-dealkylation sites (tertiary alicyclic amines) is 1. The number of rotatable bonds is 8. The van der Waals surface area contributed by atoms with Gasteiger partial charge in [0.1, 0.15) is 17.6 Å². The fourth-order valence-electron chi connectivity index (χ4n) is 7.03. The zero-order valence-corrected chi connectivity index (χ0v) is 21.3. The number of piperidine rings is 1. The highest BCUT2D eigenvalue weighted by atomic mass is 16.6. The summed E-state index contributed by atoms with van der Waals surface area (Å²) in [5.74, 6) is -0.101. The number of nitrogens with one attached hydrogen (secondary N) is 2. The molecule has 2 aliphatic carbocycles. The summed E-state index contributed by atoms with van der Waals surface area (Å²) in [4.78, 5) is 35.0. The number of benzene rings is 1. The van der Waals surface area contributed by atoms with Gasteiger partial charge in [-0.05, 0) is 38.1 Å². The standard InChI is InChI=1S/C27H33N5O6.CH4/c1-32-9-7-26-22-15-2-3-16(13-33)23(22)38-24(26)19(4-6-27(26,36)20(32)10-15)37-25(35)18(31-21(34)5-8-28)11-17-12-29-14-30-17;/h2-4,12,14,18,20,24,33,36H,5-11,13,28H2,1H3,(H,29,30)(H,31,34);1H4/t18-,20+,24-,26-,27+;/m0./s1. The number of carbonyl (C=O) groups is 2. The summed E-state index contributed by atoms with van der Waals surface area (Å²) in [7, 11) is 2.03. The molecule has 5 atom stereocenters. The van der Waals surface area contributed by atoms with Crippen LogP contribution in [0.3, 0.4) is 0 Å². The number of aliphatic hydroxyl groups is 2. The van der Waals surface area contributed by atoms with Gasteiger partial charge >= 0.3 is 5.97 Å². The molecule has 1 aromatic carbocycles. The number of hydrogen-bond acceptors (Lipinski definition) is 9. The van der Waals surface area contributed by atoms with Crippen LogP contribution in [-0.4, -0.2) is 80.9 Å². The Morgan fingerprint density at radius 2 is 2.23 bits per heavy atom. The molecule has 1 fully saturated rings. The van der Waals surface area contributed by atoms with Crippen molar-refractivity contribution in [2.75, 3.05) is 20.1 Å². The summed E-state index contributed by atoms with van der Waals surface area (Å²) in [5.41, 5.74) is 6.90. The van der Waals surface area contributed by atoms with Gasteiger partial charge in [-0.15, -0.1) is 0 Å². The predicted octanol–water partition coefficient (Wildman–Crippen LogP) is 0.435. The van der Waals surface area contributed by atoms with Crippen LogP contribution in [0.1, 0.15) is 49.1 Å². The first-order valence-corrected chi connectivity index (χ1v) is 13.1. The molecule has 2 aliphatic heterocycles. The molecule has 210 valence electrons. The van der Waals surface area contributed by atoms with Gasteiger partial charge in [-0.2, -0.15) is 0 Å². The maximum atomic E-state index is 13.5. The van der Waals surface area contributed by atoms with E-state index in [1.165, 1.54) is 6.33 Å². The van der Waals surface area contributed by atoms with Crippen LogP contribution in [-0.2, 0) is 39.2 Å². The average Bonchev–Trinajstić information content (AvgIpc) is 3.53. The zero-order chi connectivity index (χ0) is 26.7. The van der Waals surface area contributed by atoms with E-state index in [0.717, 1.165) is 17.7 Å². The van der Waals surface area contributed by atoms with E-state index in [0.29, 0.717) is 35.6 Å². The molecule has 1 saturated heterocycles. The third-order valence-corrected chi connectivity index (χ3v) is 8.81. The number of carbonyl (C=O) groups excluding carboxylic acids is 2. The molecular formula is C28H37N5O6. The Kier molecular flexibility index (Phi) is 7.04. The monoisotopic (exact) mass is 539 g/mol. The number of aliphatic hydroxyl groups excluding tert-OH is 1. The van der Waals surface area contributed by atoms with E-state index in [9.17, 15) is 19.8 Å². The van der Waals surface area contributed by atoms with Crippen LogP contribution in [0.15, 0.2) is 36.5 Å². The fraction of sp³-hybridized carbons (Fsp3) is 0.536. The summed E-state index contributed by atoms with van der Waals surface area (Å²) in [5, 5.41) is 25.1. The molecule has 1 spiro atoms. The zero-order valence-electron chi connectivity index (χ0n) is 21.3. The summed E-state index contributed by atoms with van der Waals surface area (Å²) in [6.45, 7) is 0.697. The normalized spacial score (nSPS) is 28.9. The Hall–Kier alpha value is -3.25. The van der Waals surface area contributed by atoms with Crippen LogP contribution in [0.2, 0.25) is 0 Å². The van der Waals surface area contributed by atoms with Crippen LogP contribution in [0.25, 0.3) is 0 Å². The molecule has 2 bridgehead atoms. The molecule has 6 rings (SSSR count). The molecule has 0 radical (unpaired) electrons. The third-order valence-electron chi connectivity index (χ3n) is 8.81. The molecule has 1 amide bonds. The predicted molar refractivity (Wildman–Crippen MR) is 142 cm³/mol. The highest BCUT2D eigenvalue weighted by Crippen LogP contribution is 2.64. The lowest BCUT2D eigenvalue weighted by Crippen LogP contribution is -2.74. The minimum atomic E-state index is -1.13. The number of aromatic nitrogens is 2. The van der Waals surface area contributed by atoms with Gasteiger partial charge in [-0.3, -0.25) is 4.79 Å². The van der Waals surface area contributed by atoms with Crippen molar-refractivity contribution in [1.82, 2.24) is 20.2 Å². The summed E-state index contributed by atoms with van der Waals surface area (Å²) >= 11 is 0. The second-order valence-electron chi connectivity index (χ2n) is 10.8. The van der Waals surface area contributed by atoms with E-state index in [2.05, 4.69) is 20.2 Å². The first-order valence-electron chi connectivity index (χ1n) is 13.1. The topological polar surface area (TPSA) is 163 Å². The summed E-state index contributed by atoms with van der Waals surface area (Å²) in [6, 6.07) is 2.78. The maximum absolute atomic E-state index is 13.5. The van der Waals surface area contributed by atoms with Crippen LogP contribution in [0.5, 0.6) is 5.75 Å². The van der Waals surface area contributed by atoms with Crippen LogP contribution >= 0.6 is 0 Å². The highest BCUT2D eigenvalue weighted by Gasteiger charge is 2.71. The molecule has 6 N–H and O–H groups in total. The molecule has 3 heterocycles. The molecule has 0 unspecified atom stereocenters. The molecule has 11 heteroatoms. The van der Waals surface area contributed by atoms with Gasteiger partial charge in [0, 0.05) is 54.9 Å². The first-order chi connectivity index (χ1) is 18.3. The van der Waals surface area contributed by atoms with Crippen molar-refractivity contribution in [3.05, 3.63) is 58.9 Å². The third kappa shape index (κ3) is 3.98. The van der Waals surface area contributed by atoms with Crippen molar-refractivity contribution in [3.63, 3.8) is 0 Å². The van der Waals surface area contributed by atoms with Crippen LogP contribution in [0, 0.1) is 0 Å². The van der Waals surface area contributed by atoms with E-state index in [1.54, 1.807) is 12.3 Å². The quantitative estimate of drug-likeness (QED) is 0.300. The van der Waals surface area contributed by atoms with Crippen molar-refractivity contribution >= 4 is 11.9 Å². The number of ether oxygens (including phenoxy) is 2. The Morgan fingerprint density at radius 1 is 1.41 bits per heavy atom. The van der Waals surface area contributed by atoms with Gasteiger partial charge in [-0.1, -0.05) is 19.6 Å². The number of H-pyrrole nitrogens is 1. The largest absolute Gasteiger partial charge is 0.481 e. The Labute approximate surface area is 227 Å². The summed E-state index contributed by atoms with van der Waals surface area (Å²) < 4.78 is 12.5. The van der Waals surface area contributed by atoms with Crippen molar-refractivity contribution in [3.8, 4) is 5.75 Å². The number of aromatic amines is 1. The minimum Gasteiger partial charge on any atom is -0.481 e. The number of nitrogens with two attached hydrogens (primary N) is 1. The molecule has 2 aromatic rings. The van der Waals surface area contributed by atoms with Crippen molar-refractivity contribution < 1.29 is 29.3 Å². The first kappa shape index (κ1) is 27.3. The lowest BCUT2D eigenvalue weighted by molar-refractivity contribution is -0.170. The van der Waals surface area contributed by atoms with E-state index in [4.69, 9.17) is 15.2 Å². The van der Waals surface area contributed by atoms with Gasteiger partial charge in [0.25, 0.3) is 0 Å². The van der Waals surface area contributed by atoms with Gasteiger partial charge in [-0.25, -0.2) is 9.78 Å². The van der Waals surface area contributed by atoms with Gasteiger partial charge in [0.2, 0.25) is 5.91 Å². The average molecular weight is 540 g/mol. The second-order valence-corrected chi connectivity index (χ2v) is 10.8. The van der Waals surface area contributed by atoms with Gasteiger partial charge < -0.3 is 40.6 Å². The molecule has 4 aliphatic rings. The van der Waals surface area contributed by atoms with Gasteiger partial charge in [0.15, 0.2) is 6.10 Å². The van der Waals surface area contributed by atoms with Crippen LogP contribution < -0.4 is 15.8 Å². The Balaban J connectivity index is 0.00000308. The van der Waals surface area contributed by atoms with Gasteiger partial charge in [0.05, 0.1) is 24.0 Å². The number of likely N-dealkylation sites (N-methyl/N-ethyl adjacent to an activating group) is 1. The lowest BCUT2D eigenvalue weighted by Gasteiger charge is -2.61. The Bertz CT molecular complexity index is 1300. The van der Waals surface area contributed by atoms with Crippen molar-refractivity contribution in [2.24, 2.45) is 5.73 Å². The van der Waals surface area contributed by atoms with E-state index in [-0.39, 0.29) is 51.8 Å². The second kappa shape index (κ2) is 10.1. The van der Waals surface area contributed by atoms with Crippen molar-refractivity contribution in [2.45, 2.75) is 75.3 Å². The summed E-state index contributed by atoms with van der Waals surface area (Å²) in [6.07, 6.45) is 5.90. The fourth-order valence-corrected chi connectivity index (χ4v) is 7.03. The molecule has 11 nitrogen and oxygen atoms in total. The lowest BCUT2D eigenvalue weighted by atomic mass is 9.50. The number of hydrogen-bond donors (Lipinski definition) is 5. The van der Waals surface area contributed by atoms with E-state index < -0.39 is 29.1 Å². The van der Waals surface area contributed by atoms with E-state index >= 15 is 0 Å². The highest BCUT2D eigenvalue weighted by molar-refractivity contribution is 5.85. The SMILES string of the molecule is C.CN1CC[C@]23c4c5ccc(CO)c4O[C@H]2C(OC(=O)[C@H](Cc2cnc[nH]2)NC(=O)CCN)=CC[C@@]3(O)[C@H]1C5. The smallest absolute Gasteiger partial charge is 0.334 e.